The highest BCUT2D eigenvalue weighted by Crippen LogP contribution is 2.26. The Hall–Kier alpha value is -2.21. The number of nitrogens with zero attached hydrogens (tertiary/aromatic N) is 1. The minimum Gasteiger partial charge on any atom is -0.480 e. The van der Waals surface area contributed by atoms with Gasteiger partial charge in [-0.15, -0.1) is 11.3 Å². The molecule has 1 aromatic heterocycles. The van der Waals surface area contributed by atoms with E-state index in [0.717, 1.165) is 16.9 Å². The number of thiazole rings is 1. The van der Waals surface area contributed by atoms with Gasteiger partial charge in [-0.05, 0) is 0 Å². The highest BCUT2D eigenvalue weighted by molar-refractivity contribution is 7.10. The molecular weight excluding hydrogens is 254 g/mol. The summed E-state index contributed by atoms with van der Waals surface area (Å²) >= 11 is 1.04. The maximum Gasteiger partial charge on any atom is 0.325 e. The van der Waals surface area contributed by atoms with Crippen LogP contribution in [0.3, 0.4) is 0 Å². The van der Waals surface area contributed by atoms with Crippen LogP contribution in [0.4, 0.5) is 0 Å². The molecule has 0 spiro atoms. The van der Waals surface area contributed by atoms with E-state index in [2.05, 4.69) is 4.98 Å². The molecule has 0 radical (unpaired) electrons. The van der Waals surface area contributed by atoms with Crippen molar-refractivity contribution in [3.05, 3.63) is 40.7 Å². The van der Waals surface area contributed by atoms with Crippen LogP contribution in [0.1, 0.15) is 10.9 Å². The predicted molar refractivity (Wildman–Crippen MR) is 65.6 cm³/mol. The second kappa shape index (κ2) is 4.97. The molecule has 0 bridgehead atoms. The largest absolute Gasteiger partial charge is 0.480 e. The molecule has 0 saturated carbocycles. The fourth-order valence-electron chi connectivity index (χ4n) is 1.48. The lowest BCUT2D eigenvalue weighted by molar-refractivity contribution is -0.150. The van der Waals surface area contributed by atoms with Crippen molar-refractivity contribution in [3.63, 3.8) is 0 Å². The second-order valence-corrected chi connectivity index (χ2v) is 4.44. The summed E-state index contributed by atoms with van der Waals surface area (Å²) in [6, 6.07) is 9.18. The fourth-order valence-corrected chi connectivity index (χ4v) is 2.39. The lowest BCUT2D eigenvalue weighted by Crippen LogP contribution is -2.20. The standard InChI is InChI=1S/C12H9NO4S/c14-11(15)9(12(16)17)10-13-8(6-18-10)7-4-2-1-3-5-7/h1-6,9H,(H,14,15)(H,16,17). The molecule has 2 rings (SSSR count). The van der Waals surface area contributed by atoms with Crippen molar-refractivity contribution in [3.8, 4) is 11.3 Å². The molecule has 5 nitrogen and oxygen atoms in total. The van der Waals surface area contributed by atoms with Gasteiger partial charge in [-0.3, -0.25) is 9.59 Å². The zero-order valence-corrected chi connectivity index (χ0v) is 9.92. The molecule has 18 heavy (non-hydrogen) atoms. The molecule has 1 aromatic carbocycles. The Morgan fingerprint density at radius 1 is 1.11 bits per heavy atom. The third-order valence-corrected chi connectivity index (χ3v) is 3.24. The summed E-state index contributed by atoms with van der Waals surface area (Å²) in [4.78, 5) is 25.8. The number of carbonyl (C=O) groups is 2. The third-order valence-electron chi connectivity index (χ3n) is 2.33. The van der Waals surface area contributed by atoms with Gasteiger partial charge >= 0.3 is 11.9 Å². The zero-order chi connectivity index (χ0) is 13.1. The van der Waals surface area contributed by atoms with Crippen molar-refractivity contribution in [2.24, 2.45) is 0 Å². The number of hydrogen-bond donors (Lipinski definition) is 2. The highest BCUT2D eigenvalue weighted by atomic mass is 32.1. The van der Waals surface area contributed by atoms with E-state index in [1.54, 1.807) is 5.38 Å². The van der Waals surface area contributed by atoms with Crippen molar-refractivity contribution in [2.45, 2.75) is 5.92 Å². The van der Waals surface area contributed by atoms with Crippen LogP contribution < -0.4 is 0 Å². The number of aromatic nitrogens is 1. The van der Waals surface area contributed by atoms with Gasteiger partial charge in [0.2, 0.25) is 5.92 Å². The molecule has 0 fully saturated rings. The van der Waals surface area contributed by atoms with Crippen LogP contribution in [-0.2, 0) is 9.59 Å². The van der Waals surface area contributed by atoms with Gasteiger partial charge in [0.1, 0.15) is 5.01 Å². The molecule has 0 unspecified atom stereocenters. The summed E-state index contributed by atoms with van der Waals surface area (Å²) in [6.45, 7) is 0. The molecule has 0 saturated heterocycles. The van der Waals surface area contributed by atoms with Gasteiger partial charge in [0.25, 0.3) is 0 Å². The van der Waals surface area contributed by atoms with E-state index >= 15 is 0 Å². The fraction of sp³-hybridized carbons (Fsp3) is 0.0833. The highest BCUT2D eigenvalue weighted by Gasteiger charge is 2.31. The minimum atomic E-state index is -1.60. The van der Waals surface area contributed by atoms with Crippen LogP contribution in [0.5, 0.6) is 0 Å². The molecule has 2 N–H and O–H groups in total. The molecule has 0 atom stereocenters. The first-order valence-corrected chi connectivity index (χ1v) is 5.94. The van der Waals surface area contributed by atoms with Gasteiger partial charge in [0, 0.05) is 10.9 Å². The number of hydrogen-bond acceptors (Lipinski definition) is 4. The number of rotatable bonds is 4. The van der Waals surface area contributed by atoms with Crippen molar-refractivity contribution >= 4 is 23.3 Å². The van der Waals surface area contributed by atoms with Crippen molar-refractivity contribution in [1.82, 2.24) is 4.98 Å². The SMILES string of the molecule is O=C(O)C(C(=O)O)c1nc(-c2ccccc2)cs1. The first-order valence-electron chi connectivity index (χ1n) is 5.06. The van der Waals surface area contributed by atoms with Gasteiger partial charge in [-0.2, -0.15) is 0 Å². The maximum atomic E-state index is 10.9. The average molecular weight is 263 g/mol. The monoisotopic (exact) mass is 263 g/mol. The van der Waals surface area contributed by atoms with Gasteiger partial charge in [0.15, 0.2) is 0 Å². The number of carboxylic acid groups (broad SMARTS) is 2. The number of aliphatic carboxylic acids is 2. The van der Waals surface area contributed by atoms with E-state index < -0.39 is 17.9 Å². The normalized spacial score (nSPS) is 10.5. The Kier molecular flexibility index (Phi) is 3.38. The van der Waals surface area contributed by atoms with E-state index in [-0.39, 0.29) is 5.01 Å². The molecule has 0 aliphatic carbocycles. The van der Waals surface area contributed by atoms with Crippen molar-refractivity contribution in [2.75, 3.05) is 0 Å². The molecule has 0 amide bonds. The van der Waals surface area contributed by atoms with Crippen LogP contribution in [0.25, 0.3) is 11.3 Å². The molecule has 2 aromatic rings. The smallest absolute Gasteiger partial charge is 0.325 e. The zero-order valence-electron chi connectivity index (χ0n) is 9.11. The van der Waals surface area contributed by atoms with Gasteiger partial charge in [-0.1, -0.05) is 30.3 Å². The van der Waals surface area contributed by atoms with E-state index in [1.165, 1.54) is 0 Å². The first-order chi connectivity index (χ1) is 8.59. The summed E-state index contributed by atoms with van der Waals surface area (Å²) < 4.78 is 0. The lowest BCUT2D eigenvalue weighted by atomic mass is 10.1. The molecule has 1 heterocycles. The predicted octanol–water partition coefficient (Wildman–Crippen LogP) is 2.06. The maximum absolute atomic E-state index is 10.9. The van der Waals surface area contributed by atoms with Crippen LogP contribution >= 0.6 is 11.3 Å². The van der Waals surface area contributed by atoms with Gasteiger partial charge in [0.05, 0.1) is 5.69 Å². The number of carboxylic acids is 2. The Labute approximate surface area is 106 Å². The topological polar surface area (TPSA) is 87.5 Å². The molecule has 6 heteroatoms. The number of benzene rings is 1. The minimum absolute atomic E-state index is 0.0776. The Bertz CT molecular complexity index is 565. The molecule has 92 valence electrons. The molecule has 0 aliphatic heterocycles. The lowest BCUT2D eigenvalue weighted by Gasteiger charge is -2.02. The Morgan fingerprint density at radius 3 is 2.28 bits per heavy atom. The van der Waals surface area contributed by atoms with E-state index in [4.69, 9.17) is 10.2 Å². The van der Waals surface area contributed by atoms with E-state index in [0.29, 0.717) is 5.69 Å². The van der Waals surface area contributed by atoms with E-state index in [1.807, 2.05) is 30.3 Å². The average Bonchev–Trinajstić information content (AvgIpc) is 2.78. The summed E-state index contributed by atoms with van der Waals surface area (Å²) in [6.07, 6.45) is 0. The van der Waals surface area contributed by atoms with E-state index in [9.17, 15) is 9.59 Å². The van der Waals surface area contributed by atoms with Gasteiger partial charge < -0.3 is 10.2 Å². The summed E-state index contributed by atoms with van der Waals surface area (Å²) in [5.74, 6) is -4.42. The quantitative estimate of drug-likeness (QED) is 0.824. The van der Waals surface area contributed by atoms with Gasteiger partial charge in [-0.25, -0.2) is 4.98 Å². The summed E-state index contributed by atoms with van der Waals surface area (Å²) in [7, 11) is 0. The summed E-state index contributed by atoms with van der Waals surface area (Å²) in [5.41, 5.74) is 1.41. The van der Waals surface area contributed by atoms with Crippen LogP contribution in [0, 0.1) is 0 Å². The summed E-state index contributed by atoms with van der Waals surface area (Å²) in [5, 5.41) is 19.5. The van der Waals surface area contributed by atoms with Crippen LogP contribution in [0.15, 0.2) is 35.7 Å². The Morgan fingerprint density at radius 2 is 1.72 bits per heavy atom. The second-order valence-electron chi connectivity index (χ2n) is 3.55. The first kappa shape index (κ1) is 12.3. The van der Waals surface area contributed by atoms with Crippen LogP contribution in [0.2, 0.25) is 0 Å². The van der Waals surface area contributed by atoms with Crippen LogP contribution in [-0.4, -0.2) is 27.1 Å². The van der Waals surface area contributed by atoms with Crippen molar-refractivity contribution < 1.29 is 19.8 Å². The molecular formula is C12H9NO4S. The van der Waals surface area contributed by atoms with Crippen molar-refractivity contribution in [1.29, 1.82) is 0 Å². The third kappa shape index (κ3) is 2.38. The Balaban J connectivity index is 2.36. The molecule has 0 aliphatic rings.